The average Bonchev–Trinajstić information content (AvgIpc) is 2.92. The molecular weight excluding hydrogens is 569 g/mol. The third kappa shape index (κ3) is 7.77. The van der Waals surface area contributed by atoms with Crippen molar-refractivity contribution in [2.45, 2.75) is 58.0 Å². The molecule has 0 saturated carbocycles. The van der Waals surface area contributed by atoms with Crippen molar-refractivity contribution in [1.29, 1.82) is 0 Å². The number of nitrogens with zero attached hydrogens (tertiary/aromatic N) is 2. The number of aryl methyl sites for hydroxylation is 2. The lowest BCUT2D eigenvalue weighted by Gasteiger charge is -2.32. The Labute approximate surface area is 247 Å². The van der Waals surface area contributed by atoms with Gasteiger partial charge in [0.2, 0.25) is 11.8 Å². The first-order valence-electron chi connectivity index (χ1n) is 13.1. The molecular formula is C30H35Cl2N3O4S. The molecule has 40 heavy (non-hydrogen) atoms. The minimum Gasteiger partial charge on any atom is -0.354 e. The van der Waals surface area contributed by atoms with E-state index in [4.69, 9.17) is 23.2 Å². The van der Waals surface area contributed by atoms with E-state index in [9.17, 15) is 18.0 Å². The molecule has 0 radical (unpaired) electrons. The molecule has 0 bridgehead atoms. The first-order chi connectivity index (χ1) is 18.9. The Morgan fingerprint density at radius 2 is 1.65 bits per heavy atom. The predicted octanol–water partition coefficient (Wildman–Crippen LogP) is 6.14. The molecule has 3 aromatic rings. The van der Waals surface area contributed by atoms with Crippen LogP contribution in [0.15, 0.2) is 71.6 Å². The molecule has 0 aliphatic heterocycles. The molecule has 0 heterocycles. The number of hydrogen-bond donors (Lipinski definition) is 1. The highest BCUT2D eigenvalue weighted by molar-refractivity contribution is 7.92. The van der Waals surface area contributed by atoms with Crippen molar-refractivity contribution in [3.05, 3.63) is 93.5 Å². The number of halogens is 2. The molecule has 3 rings (SSSR count). The van der Waals surface area contributed by atoms with Crippen LogP contribution in [-0.4, -0.2) is 44.3 Å². The molecule has 7 nitrogen and oxygen atoms in total. The van der Waals surface area contributed by atoms with E-state index >= 15 is 0 Å². The zero-order valence-electron chi connectivity index (χ0n) is 23.2. The van der Waals surface area contributed by atoms with Crippen LogP contribution in [0.25, 0.3) is 0 Å². The Kier molecular flexibility index (Phi) is 11.0. The number of sulfonamides is 1. The second-order valence-corrected chi connectivity index (χ2v) is 12.4. The Morgan fingerprint density at radius 3 is 2.30 bits per heavy atom. The summed E-state index contributed by atoms with van der Waals surface area (Å²) in [5.41, 5.74) is 2.43. The van der Waals surface area contributed by atoms with Crippen molar-refractivity contribution in [3.8, 4) is 0 Å². The molecule has 0 aliphatic carbocycles. The molecule has 1 N–H and O–H groups in total. The van der Waals surface area contributed by atoms with Crippen LogP contribution in [0.1, 0.15) is 43.4 Å². The minimum atomic E-state index is -4.18. The third-order valence-corrected chi connectivity index (χ3v) is 9.00. The van der Waals surface area contributed by atoms with Gasteiger partial charge in [0.25, 0.3) is 10.0 Å². The van der Waals surface area contributed by atoms with Gasteiger partial charge in [-0.2, -0.15) is 0 Å². The van der Waals surface area contributed by atoms with Gasteiger partial charge >= 0.3 is 0 Å². The Morgan fingerprint density at radius 1 is 0.975 bits per heavy atom. The minimum absolute atomic E-state index is 0.0216. The standard InChI is InChI=1S/C30H35Cl2N3O4S/c1-5-6-17-33-30(37)23(4)34(19-24-9-7-8-10-27(24)32)29(36)20-35(28-18-25(31)14-13-22(28)3)40(38,39)26-15-11-21(2)12-16-26/h7-16,18,23H,5-6,17,19-20H2,1-4H3,(H,33,37)/t23-/m0/s1. The fraction of sp³-hybridized carbons (Fsp3) is 0.333. The maximum absolute atomic E-state index is 14.0. The lowest BCUT2D eigenvalue weighted by Crippen LogP contribution is -2.51. The van der Waals surface area contributed by atoms with Crippen LogP contribution in [0.5, 0.6) is 0 Å². The molecule has 0 fully saturated rings. The number of benzene rings is 3. The van der Waals surface area contributed by atoms with E-state index < -0.39 is 28.5 Å². The van der Waals surface area contributed by atoms with Gasteiger partial charge in [-0.3, -0.25) is 13.9 Å². The smallest absolute Gasteiger partial charge is 0.264 e. The van der Waals surface area contributed by atoms with Crippen LogP contribution in [-0.2, 0) is 26.2 Å². The van der Waals surface area contributed by atoms with Crippen molar-refractivity contribution >= 4 is 50.7 Å². The molecule has 2 amide bonds. The number of hydrogen-bond acceptors (Lipinski definition) is 4. The van der Waals surface area contributed by atoms with Gasteiger partial charge in [0.05, 0.1) is 10.6 Å². The highest BCUT2D eigenvalue weighted by atomic mass is 35.5. The summed E-state index contributed by atoms with van der Waals surface area (Å²) in [4.78, 5) is 28.5. The molecule has 0 saturated heterocycles. The molecule has 0 aliphatic rings. The van der Waals surface area contributed by atoms with Crippen LogP contribution in [0.2, 0.25) is 10.0 Å². The molecule has 214 valence electrons. The van der Waals surface area contributed by atoms with Gasteiger partial charge in [-0.05, 0) is 68.7 Å². The maximum Gasteiger partial charge on any atom is 0.264 e. The summed E-state index contributed by atoms with van der Waals surface area (Å²) in [5, 5.41) is 3.63. The number of anilines is 1. The second-order valence-electron chi connectivity index (χ2n) is 9.69. The molecule has 1 atom stereocenters. The van der Waals surface area contributed by atoms with Gasteiger partial charge in [0.1, 0.15) is 12.6 Å². The first-order valence-corrected chi connectivity index (χ1v) is 15.3. The number of carbonyl (C=O) groups is 2. The number of carbonyl (C=O) groups excluding carboxylic acids is 2. The van der Waals surface area contributed by atoms with Gasteiger partial charge < -0.3 is 10.2 Å². The van der Waals surface area contributed by atoms with E-state index in [1.54, 1.807) is 62.4 Å². The van der Waals surface area contributed by atoms with Crippen molar-refractivity contribution in [2.75, 3.05) is 17.4 Å². The molecule has 10 heteroatoms. The summed E-state index contributed by atoms with van der Waals surface area (Å²) in [6.45, 7) is 7.20. The summed E-state index contributed by atoms with van der Waals surface area (Å²) >= 11 is 12.7. The summed E-state index contributed by atoms with van der Waals surface area (Å²) in [6, 6.07) is 17.4. The monoisotopic (exact) mass is 603 g/mol. The van der Waals surface area contributed by atoms with Gasteiger partial charge in [-0.1, -0.05) is 78.5 Å². The van der Waals surface area contributed by atoms with E-state index in [0.717, 1.165) is 22.7 Å². The van der Waals surface area contributed by atoms with Gasteiger partial charge in [0, 0.05) is 23.1 Å². The Hall–Kier alpha value is -3.07. The largest absolute Gasteiger partial charge is 0.354 e. The summed E-state index contributed by atoms with van der Waals surface area (Å²) in [7, 11) is -4.18. The summed E-state index contributed by atoms with van der Waals surface area (Å²) in [5.74, 6) is -0.895. The predicted molar refractivity (Wildman–Crippen MR) is 161 cm³/mol. The number of amides is 2. The van der Waals surface area contributed by atoms with E-state index in [2.05, 4.69) is 5.32 Å². The van der Waals surface area contributed by atoms with Crippen LogP contribution < -0.4 is 9.62 Å². The highest BCUT2D eigenvalue weighted by Crippen LogP contribution is 2.30. The quantitative estimate of drug-likeness (QED) is 0.252. The second kappa shape index (κ2) is 14.0. The zero-order chi connectivity index (χ0) is 29.4. The number of unbranched alkanes of at least 4 members (excludes halogenated alkanes) is 1. The fourth-order valence-corrected chi connectivity index (χ4v) is 5.96. The fourth-order valence-electron chi connectivity index (χ4n) is 4.13. The molecule has 0 aromatic heterocycles. The first kappa shape index (κ1) is 31.5. The van der Waals surface area contributed by atoms with E-state index in [1.165, 1.54) is 23.1 Å². The summed E-state index contributed by atoms with van der Waals surface area (Å²) < 4.78 is 29.0. The lowest BCUT2D eigenvalue weighted by molar-refractivity contribution is -0.139. The number of rotatable bonds is 12. The van der Waals surface area contributed by atoms with Crippen LogP contribution in [0.4, 0.5) is 5.69 Å². The lowest BCUT2D eigenvalue weighted by atomic mass is 10.1. The Bertz CT molecular complexity index is 1450. The SMILES string of the molecule is CCCCNC(=O)[C@H](C)N(Cc1ccccc1Cl)C(=O)CN(c1cc(Cl)ccc1C)S(=O)(=O)c1ccc(C)cc1. The van der Waals surface area contributed by atoms with Crippen molar-refractivity contribution in [1.82, 2.24) is 10.2 Å². The topological polar surface area (TPSA) is 86.8 Å². The van der Waals surface area contributed by atoms with Crippen LogP contribution in [0.3, 0.4) is 0 Å². The van der Waals surface area contributed by atoms with Crippen LogP contribution in [0, 0.1) is 13.8 Å². The van der Waals surface area contributed by atoms with Crippen LogP contribution >= 0.6 is 23.2 Å². The normalized spacial score (nSPS) is 12.1. The van der Waals surface area contributed by atoms with Crippen molar-refractivity contribution < 1.29 is 18.0 Å². The Balaban J connectivity index is 2.05. The molecule has 0 spiro atoms. The number of nitrogens with one attached hydrogen (secondary N) is 1. The van der Waals surface area contributed by atoms with Crippen molar-refractivity contribution in [2.24, 2.45) is 0 Å². The van der Waals surface area contributed by atoms with Gasteiger partial charge in [-0.15, -0.1) is 0 Å². The van der Waals surface area contributed by atoms with E-state index in [1.807, 2.05) is 13.8 Å². The maximum atomic E-state index is 14.0. The molecule has 0 unspecified atom stereocenters. The third-order valence-electron chi connectivity index (χ3n) is 6.62. The average molecular weight is 605 g/mol. The summed E-state index contributed by atoms with van der Waals surface area (Å²) in [6.07, 6.45) is 1.70. The van der Waals surface area contributed by atoms with E-state index in [0.29, 0.717) is 27.7 Å². The van der Waals surface area contributed by atoms with E-state index in [-0.39, 0.29) is 23.0 Å². The highest BCUT2D eigenvalue weighted by Gasteiger charge is 2.33. The van der Waals surface area contributed by atoms with Crippen molar-refractivity contribution in [3.63, 3.8) is 0 Å². The van der Waals surface area contributed by atoms with Gasteiger partial charge in [-0.25, -0.2) is 8.42 Å². The zero-order valence-corrected chi connectivity index (χ0v) is 25.5. The molecule has 3 aromatic carbocycles. The van der Waals surface area contributed by atoms with Gasteiger partial charge in [0.15, 0.2) is 0 Å².